The molecule has 1 amide bonds. The first-order chi connectivity index (χ1) is 7.16. The SMILES string of the molecule is O=C(c1ccc(I)cc1)N1CCC(Cl)C1. The van der Waals surface area contributed by atoms with Crippen molar-refractivity contribution in [3.8, 4) is 0 Å². The Bertz CT molecular complexity index is 365. The molecule has 2 nitrogen and oxygen atoms in total. The van der Waals surface area contributed by atoms with E-state index in [2.05, 4.69) is 22.6 Å². The van der Waals surface area contributed by atoms with E-state index in [1.807, 2.05) is 29.2 Å². The van der Waals surface area contributed by atoms with E-state index in [4.69, 9.17) is 11.6 Å². The standard InChI is InChI=1S/C11H11ClINO/c12-9-5-6-14(7-9)11(15)8-1-3-10(13)4-2-8/h1-4,9H,5-7H2. The molecule has 2 rings (SSSR count). The highest BCUT2D eigenvalue weighted by atomic mass is 127. The van der Waals surface area contributed by atoms with Crippen LogP contribution in [0.1, 0.15) is 16.8 Å². The Morgan fingerprint density at radius 2 is 2.07 bits per heavy atom. The van der Waals surface area contributed by atoms with Crippen LogP contribution in [0.25, 0.3) is 0 Å². The quantitative estimate of drug-likeness (QED) is 0.571. The first-order valence-electron chi connectivity index (χ1n) is 4.86. The lowest BCUT2D eigenvalue weighted by Gasteiger charge is -2.15. The first kappa shape index (κ1) is 11.2. The van der Waals surface area contributed by atoms with E-state index in [1.165, 1.54) is 0 Å². The molecule has 1 aliphatic rings. The van der Waals surface area contributed by atoms with Crippen molar-refractivity contribution in [1.82, 2.24) is 4.90 Å². The minimum atomic E-state index is 0.0922. The van der Waals surface area contributed by atoms with Gasteiger partial charge >= 0.3 is 0 Å². The molecule has 1 aromatic rings. The largest absolute Gasteiger partial charge is 0.337 e. The number of amides is 1. The molecular formula is C11H11ClINO. The second kappa shape index (κ2) is 4.70. The molecule has 1 unspecified atom stereocenters. The molecule has 0 aliphatic carbocycles. The average molecular weight is 336 g/mol. The summed E-state index contributed by atoms with van der Waals surface area (Å²) in [6.45, 7) is 1.45. The van der Waals surface area contributed by atoms with Crippen LogP contribution in [-0.2, 0) is 0 Å². The maximum atomic E-state index is 12.0. The number of carbonyl (C=O) groups excluding carboxylic acids is 1. The molecular weight excluding hydrogens is 324 g/mol. The Kier molecular flexibility index (Phi) is 3.51. The Balaban J connectivity index is 2.11. The lowest BCUT2D eigenvalue weighted by atomic mass is 10.2. The zero-order valence-electron chi connectivity index (χ0n) is 8.12. The minimum Gasteiger partial charge on any atom is -0.337 e. The Morgan fingerprint density at radius 1 is 1.40 bits per heavy atom. The third kappa shape index (κ3) is 2.64. The summed E-state index contributed by atoms with van der Waals surface area (Å²) in [5.41, 5.74) is 0.751. The maximum absolute atomic E-state index is 12.0. The maximum Gasteiger partial charge on any atom is 0.253 e. The molecule has 1 atom stereocenters. The average Bonchev–Trinajstić information content (AvgIpc) is 2.65. The highest BCUT2D eigenvalue weighted by molar-refractivity contribution is 14.1. The van der Waals surface area contributed by atoms with Crippen molar-refractivity contribution in [2.24, 2.45) is 0 Å². The van der Waals surface area contributed by atoms with Gasteiger partial charge in [0.1, 0.15) is 0 Å². The van der Waals surface area contributed by atoms with Crippen LogP contribution in [0.5, 0.6) is 0 Å². The highest BCUT2D eigenvalue weighted by Gasteiger charge is 2.25. The fraction of sp³-hybridized carbons (Fsp3) is 0.364. The Labute approximate surface area is 108 Å². The van der Waals surface area contributed by atoms with E-state index in [0.717, 1.165) is 22.1 Å². The molecule has 0 aromatic heterocycles. The van der Waals surface area contributed by atoms with E-state index in [-0.39, 0.29) is 11.3 Å². The predicted molar refractivity (Wildman–Crippen MR) is 69.3 cm³/mol. The summed E-state index contributed by atoms with van der Waals surface area (Å²) in [5.74, 6) is 0.0922. The fourth-order valence-corrected chi connectivity index (χ4v) is 2.30. The number of nitrogens with zero attached hydrogens (tertiary/aromatic N) is 1. The van der Waals surface area contributed by atoms with Gasteiger partial charge in [-0.2, -0.15) is 0 Å². The zero-order chi connectivity index (χ0) is 10.8. The van der Waals surface area contributed by atoms with E-state index in [9.17, 15) is 4.79 Å². The molecule has 1 fully saturated rings. The summed E-state index contributed by atoms with van der Waals surface area (Å²) in [5, 5.41) is 0.123. The normalized spacial score (nSPS) is 20.7. The van der Waals surface area contributed by atoms with Crippen LogP contribution in [0.2, 0.25) is 0 Å². The lowest BCUT2D eigenvalue weighted by molar-refractivity contribution is 0.0793. The van der Waals surface area contributed by atoms with E-state index < -0.39 is 0 Å². The highest BCUT2D eigenvalue weighted by Crippen LogP contribution is 2.17. The molecule has 0 saturated carbocycles. The van der Waals surface area contributed by atoms with Crippen molar-refractivity contribution < 1.29 is 4.79 Å². The van der Waals surface area contributed by atoms with Gasteiger partial charge in [-0.25, -0.2) is 0 Å². The summed E-state index contributed by atoms with van der Waals surface area (Å²) in [7, 11) is 0. The molecule has 4 heteroatoms. The third-order valence-electron chi connectivity index (χ3n) is 2.51. The van der Waals surface area contributed by atoms with Crippen molar-refractivity contribution in [3.63, 3.8) is 0 Å². The monoisotopic (exact) mass is 335 g/mol. The number of halogens is 2. The smallest absolute Gasteiger partial charge is 0.253 e. The van der Waals surface area contributed by atoms with Gasteiger partial charge in [-0.05, 0) is 53.3 Å². The van der Waals surface area contributed by atoms with Gasteiger partial charge in [0.05, 0.1) is 5.38 Å². The molecule has 0 N–H and O–H groups in total. The molecule has 1 heterocycles. The number of hydrogen-bond donors (Lipinski definition) is 0. The van der Waals surface area contributed by atoms with Crippen molar-refractivity contribution in [3.05, 3.63) is 33.4 Å². The first-order valence-corrected chi connectivity index (χ1v) is 6.37. The van der Waals surface area contributed by atoms with Gasteiger partial charge in [0.15, 0.2) is 0 Å². The summed E-state index contributed by atoms with van der Waals surface area (Å²) in [6.07, 6.45) is 0.900. The van der Waals surface area contributed by atoms with Crippen LogP contribution in [0.3, 0.4) is 0 Å². The van der Waals surface area contributed by atoms with Crippen LogP contribution in [-0.4, -0.2) is 29.3 Å². The molecule has 0 radical (unpaired) electrons. The Hall–Kier alpha value is -0.290. The molecule has 0 spiro atoms. The molecule has 80 valence electrons. The zero-order valence-corrected chi connectivity index (χ0v) is 11.0. The fourth-order valence-electron chi connectivity index (χ4n) is 1.68. The topological polar surface area (TPSA) is 20.3 Å². The van der Waals surface area contributed by atoms with Crippen molar-refractivity contribution in [2.45, 2.75) is 11.8 Å². The number of likely N-dealkylation sites (tertiary alicyclic amines) is 1. The van der Waals surface area contributed by atoms with Gasteiger partial charge in [0, 0.05) is 22.2 Å². The van der Waals surface area contributed by atoms with Gasteiger partial charge in [0.25, 0.3) is 5.91 Å². The van der Waals surface area contributed by atoms with Gasteiger partial charge in [-0.3, -0.25) is 4.79 Å². The van der Waals surface area contributed by atoms with Crippen LogP contribution in [0.15, 0.2) is 24.3 Å². The predicted octanol–water partition coefficient (Wildman–Crippen LogP) is 2.74. The summed E-state index contributed by atoms with van der Waals surface area (Å²) in [4.78, 5) is 13.8. The van der Waals surface area contributed by atoms with Crippen molar-refractivity contribution in [1.29, 1.82) is 0 Å². The van der Waals surface area contributed by atoms with Gasteiger partial charge in [-0.1, -0.05) is 0 Å². The Morgan fingerprint density at radius 3 is 2.60 bits per heavy atom. The van der Waals surface area contributed by atoms with Gasteiger partial charge in [-0.15, -0.1) is 11.6 Å². The minimum absolute atomic E-state index is 0.0922. The lowest BCUT2D eigenvalue weighted by Crippen LogP contribution is -2.28. The van der Waals surface area contributed by atoms with Crippen LogP contribution in [0, 0.1) is 3.57 Å². The van der Waals surface area contributed by atoms with Gasteiger partial charge in [0.2, 0.25) is 0 Å². The van der Waals surface area contributed by atoms with E-state index in [0.29, 0.717) is 6.54 Å². The van der Waals surface area contributed by atoms with Crippen molar-refractivity contribution >= 4 is 40.1 Å². The second-order valence-electron chi connectivity index (χ2n) is 3.64. The summed E-state index contributed by atoms with van der Waals surface area (Å²) < 4.78 is 1.14. The van der Waals surface area contributed by atoms with Crippen LogP contribution < -0.4 is 0 Å². The van der Waals surface area contributed by atoms with Gasteiger partial charge < -0.3 is 4.90 Å². The molecule has 1 saturated heterocycles. The third-order valence-corrected chi connectivity index (χ3v) is 3.58. The van der Waals surface area contributed by atoms with Crippen LogP contribution >= 0.6 is 34.2 Å². The number of hydrogen-bond acceptors (Lipinski definition) is 1. The van der Waals surface area contributed by atoms with E-state index >= 15 is 0 Å². The summed E-state index contributed by atoms with van der Waals surface area (Å²) >= 11 is 8.19. The molecule has 1 aromatic carbocycles. The number of alkyl halides is 1. The number of carbonyl (C=O) groups is 1. The van der Waals surface area contributed by atoms with Crippen molar-refractivity contribution in [2.75, 3.05) is 13.1 Å². The molecule has 1 aliphatic heterocycles. The summed E-state index contributed by atoms with van der Waals surface area (Å²) in [6, 6.07) is 7.63. The number of rotatable bonds is 1. The van der Waals surface area contributed by atoms with E-state index in [1.54, 1.807) is 0 Å². The number of benzene rings is 1. The molecule has 15 heavy (non-hydrogen) atoms. The van der Waals surface area contributed by atoms with Crippen LogP contribution in [0.4, 0.5) is 0 Å². The second-order valence-corrected chi connectivity index (χ2v) is 5.51. The molecule has 0 bridgehead atoms.